The molecule has 1 aromatic heterocycles. The van der Waals surface area contributed by atoms with Gasteiger partial charge in [-0.15, -0.1) is 0 Å². The molecule has 0 bridgehead atoms. The van der Waals surface area contributed by atoms with Gasteiger partial charge in [0, 0.05) is 18.2 Å². The standard InChI is InChI=1S/C23H25N3O4/c1-2-18-13-20(26-25-18)22(28)24-19(14-21(27)23(29)30)12-15-8-10-17(11-9-15)16-6-4-3-5-7-16/h3-11,13,19,21,27H,2,12,14H2,1H3,(H,24,28)(H,25,26)(H,29,30)/t19-,21-/m1/s1. The number of benzene rings is 2. The fraction of sp³-hybridized carbons (Fsp3) is 0.261. The molecule has 0 aliphatic carbocycles. The first kappa shape index (κ1) is 21.3. The molecule has 7 nitrogen and oxygen atoms in total. The highest BCUT2D eigenvalue weighted by molar-refractivity contribution is 5.92. The molecular formula is C23H25N3O4. The second-order valence-electron chi connectivity index (χ2n) is 7.16. The molecule has 1 heterocycles. The van der Waals surface area contributed by atoms with Crippen molar-refractivity contribution in [3.8, 4) is 11.1 Å². The normalized spacial score (nSPS) is 12.9. The zero-order chi connectivity index (χ0) is 21.5. The smallest absolute Gasteiger partial charge is 0.332 e. The number of aliphatic hydroxyl groups excluding tert-OH is 1. The van der Waals surface area contributed by atoms with Crippen LogP contribution in [0.5, 0.6) is 0 Å². The third-order valence-corrected chi connectivity index (χ3v) is 4.92. The van der Waals surface area contributed by atoms with Crippen LogP contribution in [0.1, 0.15) is 35.1 Å². The van der Waals surface area contributed by atoms with Crippen molar-refractivity contribution < 1.29 is 19.8 Å². The Morgan fingerprint density at radius 1 is 1.07 bits per heavy atom. The van der Waals surface area contributed by atoms with Gasteiger partial charge in [0.05, 0.1) is 0 Å². The summed E-state index contributed by atoms with van der Waals surface area (Å²) in [6, 6.07) is 18.9. The van der Waals surface area contributed by atoms with Gasteiger partial charge in [0.2, 0.25) is 0 Å². The molecule has 4 N–H and O–H groups in total. The van der Waals surface area contributed by atoms with Crippen molar-refractivity contribution in [1.29, 1.82) is 0 Å². The van der Waals surface area contributed by atoms with E-state index in [4.69, 9.17) is 5.11 Å². The number of aliphatic carboxylic acids is 1. The highest BCUT2D eigenvalue weighted by Gasteiger charge is 2.23. The van der Waals surface area contributed by atoms with E-state index in [1.807, 2.05) is 61.5 Å². The Bertz CT molecular complexity index is 983. The number of H-pyrrole nitrogens is 1. The molecule has 1 amide bonds. The zero-order valence-corrected chi connectivity index (χ0v) is 16.7. The van der Waals surface area contributed by atoms with E-state index in [0.29, 0.717) is 6.42 Å². The predicted molar refractivity (Wildman–Crippen MR) is 113 cm³/mol. The third-order valence-electron chi connectivity index (χ3n) is 4.92. The highest BCUT2D eigenvalue weighted by Crippen LogP contribution is 2.20. The Balaban J connectivity index is 1.73. The first-order chi connectivity index (χ1) is 14.5. The Morgan fingerprint density at radius 2 is 1.73 bits per heavy atom. The summed E-state index contributed by atoms with van der Waals surface area (Å²) in [6.07, 6.45) is -0.567. The number of hydrogen-bond acceptors (Lipinski definition) is 4. The molecule has 30 heavy (non-hydrogen) atoms. The molecule has 0 unspecified atom stereocenters. The lowest BCUT2D eigenvalue weighted by Crippen LogP contribution is -2.40. The molecule has 2 aromatic carbocycles. The van der Waals surface area contributed by atoms with Crippen LogP contribution in [0.25, 0.3) is 11.1 Å². The molecule has 0 saturated carbocycles. The topological polar surface area (TPSA) is 115 Å². The molecule has 0 fully saturated rings. The minimum absolute atomic E-state index is 0.105. The molecule has 7 heteroatoms. The number of carboxylic acid groups (broad SMARTS) is 1. The number of rotatable bonds is 9. The average molecular weight is 407 g/mol. The molecule has 0 saturated heterocycles. The number of aromatic nitrogens is 2. The average Bonchev–Trinajstić information content (AvgIpc) is 3.24. The van der Waals surface area contributed by atoms with E-state index in [2.05, 4.69) is 15.5 Å². The summed E-state index contributed by atoms with van der Waals surface area (Å²) in [7, 11) is 0. The number of nitrogens with one attached hydrogen (secondary N) is 2. The number of aliphatic hydroxyl groups is 1. The quantitative estimate of drug-likeness (QED) is 0.435. The van der Waals surface area contributed by atoms with Crippen LogP contribution in [0, 0.1) is 0 Å². The first-order valence-electron chi connectivity index (χ1n) is 9.86. The molecule has 0 spiro atoms. The molecule has 2 atom stereocenters. The lowest BCUT2D eigenvalue weighted by atomic mass is 9.97. The van der Waals surface area contributed by atoms with Crippen LogP contribution in [-0.2, 0) is 17.6 Å². The second-order valence-corrected chi connectivity index (χ2v) is 7.16. The maximum absolute atomic E-state index is 12.5. The van der Waals surface area contributed by atoms with E-state index in [0.717, 1.165) is 28.8 Å². The highest BCUT2D eigenvalue weighted by atomic mass is 16.4. The van der Waals surface area contributed by atoms with Crippen molar-refractivity contribution in [2.75, 3.05) is 0 Å². The van der Waals surface area contributed by atoms with Gasteiger partial charge in [-0.25, -0.2) is 4.79 Å². The Labute approximate surface area is 174 Å². The lowest BCUT2D eigenvalue weighted by molar-refractivity contribution is -0.147. The van der Waals surface area contributed by atoms with E-state index in [1.165, 1.54) is 0 Å². The van der Waals surface area contributed by atoms with Gasteiger partial charge in [-0.05, 0) is 35.6 Å². The van der Waals surface area contributed by atoms with E-state index in [9.17, 15) is 14.7 Å². The SMILES string of the molecule is CCc1cc(C(=O)N[C@H](Cc2ccc(-c3ccccc3)cc2)C[C@@H](O)C(=O)O)n[nH]1. The summed E-state index contributed by atoms with van der Waals surface area (Å²) < 4.78 is 0. The summed E-state index contributed by atoms with van der Waals surface area (Å²) in [5.74, 6) is -1.73. The van der Waals surface area contributed by atoms with Crippen molar-refractivity contribution in [3.63, 3.8) is 0 Å². The van der Waals surface area contributed by atoms with Gasteiger partial charge in [0.1, 0.15) is 5.69 Å². The van der Waals surface area contributed by atoms with Gasteiger partial charge < -0.3 is 15.5 Å². The van der Waals surface area contributed by atoms with Crippen molar-refractivity contribution in [3.05, 3.63) is 77.6 Å². The van der Waals surface area contributed by atoms with Gasteiger partial charge in [0.15, 0.2) is 6.10 Å². The van der Waals surface area contributed by atoms with Crippen LogP contribution in [0.2, 0.25) is 0 Å². The zero-order valence-electron chi connectivity index (χ0n) is 16.7. The summed E-state index contributed by atoms with van der Waals surface area (Å²) >= 11 is 0. The lowest BCUT2D eigenvalue weighted by Gasteiger charge is -2.20. The van der Waals surface area contributed by atoms with Crippen LogP contribution in [0.15, 0.2) is 60.7 Å². The molecule has 0 aliphatic heterocycles. The van der Waals surface area contributed by atoms with Gasteiger partial charge in [0.25, 0.3) is 5.91 Å². The van der Waals surface area contributed by atoms with Gasteiger partial charge in [-0.1, -0.05) is 61.5 Å². The number of nitrogens with zero attached hydrogens (tertiary/aromatic N) is 1. The molecular weight excluding hydrogens is 382 g/mol. The van der Waals surface area contributed by atoms with Crippen molar-refractivity contribution >= 4 is 11.9 Å². The number of aryl methyl sites for hydroxylation is 1. The Kier molecular flexibility index (Phi) is 6.98. The maximum Gasteiger partial charge on any atom is 0.332 e. The van der Waals surface area contributed by atoms with Crippen LogP contribution < -0.4 is 5.32 Å². The number of amides is 1. The van der Waals surface area contributed by atoms with E-state index in [1.54, 1.807) is 6.07 Å². The van der Waals surface area contributed by atoms with Crippen LogP contribution >= 0.6 is 0 Å². The fourth-order valence-corrected chi connectivity index (χ4v) is 3.23. The van der Waals surface area contributed by atoms with Crippen molar-refractivity contribution in [2.45, 2.75) is 38.3 Å². The number of carbonyl (C=O) groups excluding carboxylic acids is 1. The monoisotopic (exact) mass is 407 g/mol. The van der Waals surface area contributed by atoms with E-state index < -0.39 is 24.0 Å². The van der Waals surface area contributed by atoms with Gasteiger partial charge in [-0.3, -0.25) is 9.89 Å². The summed E-state index contributed by atoms with van der Waals surface area (Å²) in [4.78, 5) is 23.6. The molecule has 0 radical (unpaired) electrons. The summed E-state index contributed by atoms with van der Waals surface area (Å²) in [6.45, 7) is 1.94. The number of aromatic amines is 1. The van der Waals surface area contributed by atoms with Crippen LogP contribution in [0.4, 0.5) is 0 Å². The first-order valence-corrected chi connectivity index (χ1v) is 9.86. The summed E-state index contributed by atoms with van der Waals surface area (Å²) in [5.41, 5.74) is 4.16. The maximum atomic E-state index is 12.5. The van der Waals surface area contributed by atoms with Gasteiger partial charge in [-0.2, -0.15) is 5.10 Å². The summed E-state index contributed by atoms with van der Waals surface area (Å²) in [5, 5.41) is 28.5. The van der Waals surface area contributed by atoms with Crippen LogP contribution in [-0.4, -0.2) is 44.4 Å². The predicted octanol–water partition coefficient (Wildman–Crippen LogP) is 2.82. The largest absolute Gasteiger partial charge is 0.479 e. The molecule has 3 rings (SSSR count). The fourth-order valence-electron chi connectivity index (χ4n) is 3.23. The number of carboxylic acids is 1. The van der Waals surface area contributed by atoms with Crippen molar-refractivity contribution in [1.82, 2.24) is 15.5 Å². The Hall–Kier alpha value is -3.45. The number of hydrogen-bond donors (Lipinski definition) is 4. The van der Waals surface area contributed by atoms with Gasteiger partial charge >= 0.3 is 5.97 Å². The molecule has 156 valence electrons. The van der Waals surface area contributed by atoms with Crippen LogP contribution in [0.3, 0.4) is 0 Å². The van der Waals surface area contributed by atoms with E-state index >= 15 is 0 Å². The molecule has 3 aromatic rings. The second kappa shape index (κ2) is 9.84. The Morgan fingerprint density at radius 3 is 2.33 bits per heavy atom. The third kappa shape index (κ3) is 5.55. The number of carbonyl (C=O) groups is 2. The minimum Gasteiger partial charge on any atom is -0.479 e. The minimum atomic E-state index is -1.57. The van der Waals surface area contributed by atoms with Crippen molar-refractivity contribution in [2.24, 2.45) is 0 Å². The van der Waals surface area contributed by atoms with E-state index in [-0.39, 0.29) is 12.1 Å². The molecule has 0 aliphatic rings.